The molecule has 3 rings (SSSR count). The largest absolute Gasteiger partial charge is 0.497 e. The number of hydrogen-bond acceptors (Lipinski definition) is 4. The number of carbonyl (C=O) groups is 1. The molecule has 0 fully saturated rings. The molecule has 0 radical (unpaired) electrons. The summed E-state index contributed by atoms with van der Waals surface area (Å²) in [4.78, 5) is 30.8. The molecule has 26 heavy (non-hydrogen) atoms. The van der Waals surface area contributed by atoms with Crippen molar-refractivity contribution in [1.82, 2.24) is 14.5 Å². The molecule has 1 amide bonds. The zero-order valence-electron chi connectivity index (χ0n) is 14.5. The molecular formula is C19H18ClN3O3. The second-order valence-electron chi connectivity index (χ2n) is 5.94. The monoisotopic (exact) mass is 371 g/mol. The van der Waals surface area contributed by atoms with Crippen LogP contribution in [-0.4, -0.2) is 34.5 Å². The lowest BCUT2D eigenvalue weighted by Gasteiger charge is -2.18. The van der Waals surface area contributed by atoms with Crippen LogP contribution >= 0.6 is 11.6 Å². The van der Waals surface area contributed by atoms with Gasteiger partial charge in [-0.05, 0) is 35.9 Å². The van der Waals surface area contributed by atoms with Crippen LogP contribution in [0.3, 0.4) is 0 Å². The van der Waals surface area contributed by atoms with Gasteiger partial charge >= 0.3 is 0 Å². The Balaban J connectivity index is 1.77. The van der Waals surface area contributed by atoms with Crippen molar-refractivity contribution >= 4 is 28.4 Å². The van der Waals surface area contributed by atoms with E-state index in [4.69, 9.17) is 16.3 Å². The Morgan fingerprint density at radius 2 is 2.08 bits per heavy atom. The van der Waals surface area contributed by atoms with Crippen LogP contribution in [0.5, 0.6) is 5.75 Å². The van der Waals surface area contributed by atoms with Gasteiger partial charge in [-0.2, -0.15) is 0 Å². The second kappa shape index (κ2) is 7.58. The van der Waals surface area contributed by atoms with Gasteiger partial charge in [-0.3, -0.25) is 14.2 Å². The fourth-order valence-corrected chi connectivity index (χ4v) is 2.82. The van der Waals surface area contributed by atoms with Gasteiger partial charge in [0.2, 0.25) is 5.91 Å². The zero-order valence-corrected chi connectivity index (χ0v) is 15.2. The van der Waals surface area contributed by atoms with E-state index in [1.165, 1.54) is 10.9 Å². The smallest absolute Gasteiger partial charge is 0.261 e. The quantitative estimate of drug-likeness (QED) is 0.691. The number of likely N-dealkylation sites (N-methyl/N-ethyl adjacent to an activating group) is 1. The van der Waals surface area contributed by atoms with Crippen LogP contribution < -0.4 is 10.3 Å². The molecule has 0 unspecified atom stereocenters. The number of halogens is 1. The molecule has 134 valence electrons. The van der Waals surface area contributed by atoms with E-state index in [2.05, 4.69) is 4.98 Å². The highest BCUT2D eigenvalue weighted by Gasteiger charge is 2.13. The molecule has 6 nitrogen and oxygen atoms in total. The van der Waals surface area contributed by atoms with Crippen molar-refractivity contribution in [2.24, 2.45) is 0 Å². The van der Waals surface area contributed by atoms with Crippen LogP contribution in [0.2, 0.25) is 5.02 Å². The van der Waals surface area contributed by atoms with Crippen LogP contribution in [0.1, 0.15) is 5.56 Å². The normalized spacial score (nSPS) is 10.7. The number of fused-ring (bicyclic) bond motifs is 1. The number of nitrogens with zero attached hydrogens (tertiary/aromatic N) is 3. The topological polar surface area (TPSA) is 64.4 Å². The molecule has 3 aromatic rings. The molecule has 0 aliphatic carbocycles. The number of methoxy groups -OCH3 is 1. The van der Waals surface area contributed by atoms with Crippen LogP contribution in [0, 0.1) is 0 Å². The van der Waals surface area contributed by atoms with E-state index >= 15 is 0 Å². The maximum atomic E-state index is 12.6. The SMILES string of the molecule is COc1cccc(CN(C)C(=O)Cn2cnc3ccc(Cl)cc3c2=O)c1. The molecule has 0 aliphatic rings. The van der Waals surface area contributed by atoms with Crippen LogP contribution in [0.25, 0.3) is 10.9 Å². The summed E-state index contributed by atoms with van der Waals surface area (Å²) in [5.41, 5.74) is 1.20. The molecule has 1 heterocycles. The molecule has 0 aliphatic heterocycles. The summed E-state index contributed by atoms with van der Waals surface area (Å²) >= 11 is 5.95. The molecule has 7 heteroatoms. The van der Waals surface area contributed by atoms with E-state index in [-0.39, 0.29) is 18.0 Å². The van der Waals surface area contributed by atoms with E-state index in [0.29, 0.717) is 22.5 Å². The predicted octanol–water partition coefficient (Wildman–Crippen LogP) is 2.72. The Morgan fingerprint density at radius 3 is 2.85 bits per heavy atom. The zero-order chi connectivity index (χ0) is 18.7. The lowest BCUT2D eigenvalue weighted by molar-refractivity contribution is -0.131. The summed E-state index contributed by atoms with van der Waals surface area (Å²) < 4.78 is 6.49. The number of rotatable bonds is 5. The van der Waals surface area contributed by atoms with Gasteiger partial charge in [-0.25, -0.2) is 4.98 Å². The number of benzene rings is 2. The first-order chi connectivity index (χ1) is 12.5. The van der Waals surface area contributed by atoms with Gasteiger partial charge in [-0.15, -0.1) is 0 Å². The van der Waals surface area contributed by atoms with E-state index in [1.807, 2.05) is 24.3 Å². The molecule has 0 atom stereocenters. The van der Waals surface area contributed by atoms with Crippen molar-refractivity contribution in [1.29, 1.82) is 0 Å². The highest BCUT2D eigenvalue weighted by Crippen LogP contribution is 2.15. The van der Waals surface area contributed by atoms with Gasteiger partial charge < -0.3 is 9.64 Å². The maximum Gasteiger partial charge on any atom is 0.261 e. The molecule has 0 N–H and O–H groups in total. The summed E-state index contributed by atoms with van der Waals surface area (Å²) in [5, 5.41) is 0.846. The van der Waals surface area contributed by atoms with Gasteiger partial charge in [0.1, 0.15) is 12.3 Å². The number of carbonyl (C=O) groups excluding carboxylic acids is 1. The van der Waals surface area contributed by atoms with Crippen molar-refractivity contribution in [3.63, 3.8) is 0 Å². The van der Waals surface area contributed by atoms with E-state index in [1.54, 1.807) is 37.3 Å². The standard InChI is InChI=1S/C19H18ClN3O3/c1-22(10-13-4-3-5-15(8-13)26-2)18(24)11-23-12-21-17-7-6-14(20)9-16(17)19(23)25/h3-9,12H,10-11H2,1-2H3. The average molecular weight is 372 g/mol. The first-order valence-electron chi connectivity index (χ1n) is 7.99. The Morgan fingerprint density at radius 1 is 1.27 bits per heavy atom. The van der Waals surface area contributed by atoms with Gasteiger partial charge in [0.15, 0.2) is 0 Å². The molecule has 1 aromatic heterocycles. The van der Waals surface area contributed by atoms with Gasteiger partial charge in [0.25, 0.3) is 5.56 Å². The molecular weight excluding hydrogens is 354 g/mol. The molecule has 0 bridgehead atoms. The fourth-order valence-electron chi connectivity index (χ4n) is 2.64. The van der Waals surface area contributed by atoms with Gasteiger partial charge in [0, 0.05) is 18.6 Å². The molecule has 2 aromatic carbocycles. The van der Waals surface area contributed by atoms with Crippen LogP contribution in [0.4, 0.5) is 0 Å². The minimum atomic E-state index is -0.291. The van der Waals surface area contributed by atoms with Crippen molar-refractivity contribution in [2.75, 3.05) is 14.2 Å². The third kappa shape index (κ3) is 3.86. The van der Waals surface area contributed by atoms with Crippen molar-refractivity contribution in [3.8, 4) is 5.75 Å². The van der Waals surface area contributed by atoms with E-state index in [9.17, 15) is 9.59 Å². The minimum absolute atomic E-state index is 0.0885. The number of hydrogen-bond donors (Lipinski definition) is 0. The Hall–Kier alpha value is -2.86. The number of aromatic nitrogens is 2. The number of ether oxygens (including phenoxy) is 1. The summed E-state index contributed by atoms with van der Waals surface area (Å²) in [6.45, 7) is 0.326. The summed E-state index contributed by atoms with van der Waals surface area (Å²) in [6.07, 6.45) is 1.38. The first-order valence-corrected chi connectivity index (χ1v) is 8.37. The predicted molar refractivity (Wildman–Crippen MR) is 100 cm³/mol. The van der Waals surface area contributed by atoms with Crippen molar-refractivity contribution in [3.05, 3.63) is 69.7 Å². The molecule has 0 saturated heterocycles. The summed E-state index contributed by atoms with van der Waals surface area (Å²) in [7, 11) is 3.29. The third-order valence-electron chi connectivity index (χ3n) is 4.07. The summed E-state index contributed by atoms with van der Waals surface area (Å²) in [6, 6.07) is 12.4. The lowest BCUT2D eigenvalue weighted by Crippen LogP contribution is -2.33. The fraction of sp³-hybridized carbons (Fsp3) is 0.211. The third-order valence-corrected chi connectivity index (χ3v) is 4.31. The first kappa shape index (κ1) is 17.9. The lowest BCUT2D eigenvalue weighted by atomic mass is 10.2. The molecule has 0 saturated carbocycles. The Kier molecular flexibility index (Phi) is 5.23. The highest BCUT2D eigenvalue weighted by molar-refractivity contribution is 6.31. The Bertz CT molecular complexity index is 1020. The summed E-state index contributed by atoms with van der Waals surface area (Å²) in [5.74, 6) is 0.535. The van der Waals surface area contributed by atoms with Crippen molar-refractivity contribution < 1.29 is 9.53 Å². The van der Waals surface area contributed by atoms with Gasteiger partial charge in [-0.1, -0.05) is 23.7 Å². The Labute approximate surface area is 155 Å². The average Bonchev–Trinajstić information content (AvgIpc) is 2.64. The van der Waals surface area contributed by atoms with E-state index < -0.39 is 0 Å². The highest BCUT2D eigenvalue weighted by atomic mass is 35.5. The minimum Gasteiger partial charge on any atom is -0.497 e. The second-order valence-corrected chi connectivity index (χ2v) is 6.38. The van der Waals surface area contributed by atoms with Crippen molar-refractivity contribution in [2.45, 2.75) is 13.1 Å². The number of amides is 1. The van der Waals surface area contributed by atoms with E-state index in [0.717, 1.165) is 11.3 Å². The van der Waals surface area contributed by atoms with Crippen LogP contribution in [-0.2, 0) is 17.9 Å². The maximum absolute atomic E-state index is 12.6. The molecule has 0 spiro atoms. The van der Waals surface area contributed by atoms with Crippen LogP contribution in [0.15, 0.2) is 53.6 Å². The van der Waals surface area contributed by atoms with Gasteiger partial charge in [0.05, 0.1) is 24.3 Å².